The zero-order chi connectivity index (χ0) is 16.9. The van der Waals surface area contributed by atoms with E-state index >= 15 is 0 Å². The molecular weight excluding hydrogens is 307 g/mol. The van der Waals surface area contributed by atoms with Gasteiger partial charge >= 0.3 is 0 Å². The molecule has 0 aliphatic carbocycles. The van der Waals surface area contributed by atoms with E-state index in [1.54, 1.807) is 16.8 Å². The van der Waals surface area contributed by atoms with Gasteiger partial charge in [-0.1, -0.05) is 48.9 Å². The van der Waals surface area contributed by atoms with E-state index in [2.05, 4.69) is 15.6 Å². The maximum Gasteiger partial charge on any atom is 0.278 e. The number of anilines is 1. The van der Waals surface area contributed by atoms with Gasteiger partial charge in [-0.15, -0.1) is 5.10 Å². The first-order valence-corrected chi connectivity index (χ1v) is 7.76. The van der Waals surface area contributed by atoms with E-state index in [-0.39, 0.29) is 11.4 Å². The zero-order valence-electron chi connectivity index (χ0n) is 13.2. The molecule has 1 aromatic heterocycles. The third-order valence-electron chi connectivity index (χ3n) is 3.59. The van der Waals surface area contributed by atoms with Crippen molar-refractivity contribution in [2.75, 3.05) is 5.32 Å². The summed E-state index contributed by atoms with van der Waals surface area (Å²) in [6, 6.07) is 15.5. The number of carbonyl (C=O) groups is 1. The van der Waals surface area contributed by atoms with Crippen LogP contribution in [0.1, 0.15) is 29.5 Å². The Bertz CT molecular complexity index is 845. The van der Waals surface area contributed by atoms with Crippen LogP contribution in [0.4, 0.5) is 10.1 Å². The van der Waals surface area contributed by atoms with Gasteiger partial charge in [0.25, 0.3) is 5.91 Å². The van der Waals surface area contributed by atoms with Crippen molar-refractivity contribution in [3.8, 4) is 5.69 Å². The predicted molar refractivity (Wildman–Crippen MR) is 89.7 cm³/mol. The lowest BCUT2D eigenvalue weighted by Crippen LogP contribution is -2.16. The maximum absolute atomic E-state index is 13.7. The van der Waals surface area contributed by atoms with Gasteiger partial charge in [0.2, 0.25) is 0 Å². The highest BCUT2D eigenvalue weighted by Crippen LogP contribution is 2.18. The molecule has 2 aromatic carbocycles. The van der Waals surface area contributed by atoms with Crippen LogP contribution in [0.5, 0.6) is 0 Å². The van der Waals surface area contributed by atoms with Gasteiger partial charge < -0.3 is 5.32 Å². The largest absolute Gasteiger partial charge is 0.318 e. The number of para-hydroxylation sites is 2. The fourth-order valence-corrected chi connectivity index (χ4v) is 2.46. The second kappa shape index (κ2) is 7.04. The van der Waals surface area contributed by atoms with Crippen molar-refractivity contribution < 1.29 is 9.18 Å². The number of nitrogens with zero attached hydrogens (tertiary/aromatic N) is 3. The molecule has 3 aromatic rings. The number of aromatic nitrogens is 3. The highest BCUT2D eigenvalue weighted by molar-refractivity contribution is 6.03. The molecule has 1 amide bonds. The highest BCUT2D eigenvalue weighted by Gasteiger charge is 2.20. The molecule has 24 heavy (non-hydrogen) atoms. The van der Waals surface area contributed by atoms with Gasteiger partial charge in [0.1, 0.15) is 5.82 Å². The summed E-state index contributed by atoms with van der Waals surface area (Å²) in [5.41, 5.74) is 1.87. The van der Waals surface area contributed by atoms with Crippen LogP contribution in [-0.2, 0) is 6.42 Å². The number of rotatable bonds is 5. The molecule has 122 valence electrons. The Kier molecular flexibility index (Phi) is 4.65. The molecule has 1 N–H and O–H groups in total. The Morgan fingerprint density at radius 3 is 2.54 bits per heavy atom. The first-order chi connectivity index (χ1) is 11.7. The van der Waals surface area contributed by atoms with Crippen LogP contribution in [0, 0.1) is 5.82 Å². The molecule has 0 fully saturated rings. The maximum atomic E-state index is 13.7. The van der Waals surface area contributed by atoms with Crippen LogP contribution in [0.2, 0.25) is 0 Å². The second-order valence-electron chi connectivity index (χ2n) is 5.32. The molecule has 0 bridgehead atoms. The van der Waals surface area contributed by atoms with Crippen molar-refractivity contribution in [2.45, 2.75) is 19.8 Å². The number of benzene rings is 2. The minimum Gasteiger partial charge on any atom is -0.318 e. The Balaban J connectivity index is 1.94. The number of hydrogen-bond acceptors (Lipinski definition) is 3. The summed E-state index contributed by atoms with van der Waals surface area (Å²) in [6.45, 7) is 2.01. The average Bonchev–Trinajstić information content (AvgIpc) is 3.02. The number of hydrogen-bond donors (Lipinski definition) is 1. The van der Waals surface area contributed by atoms with Gasteiger partial charge in [-0.05, 0) is 30.7 Å². The van der Waals surface area contributed by atoms with Crippen molar-refractivity contribution in [2.24, 2.45) is 0 Å². The van der Waals surface area contributed by atoms with Crippen LogP contribution < -0.4 is 5.32 Å². The minimum atomic E-state index is -0.488. The summed E-state index contributed by atoms with van der Waals surface area (Å²) in [5, 5.41) is 10.7. The lowest BCUT2D eigenvalue weighted by molar-refractivity contribution is 0.102. The van der Waals surface area contributed by atoms with Gasteiger partial charge in [-0.3, -0.25) is 4.79 Å². The molecule has 0 atom stereocenters. The average molecular weight is 324 g/mol. The smallest absolute Gasteiger partial charge is 0.278 e. The Morgan fingerprint density at radius 2 is 1.83 bits per heavy atom. The Morgan fingerprint density at radius 1 is 1.12 bits per heavy atom. The minimum absolute atomic E-state index is 0.124. The van der Waals surface area contributed by atoms with Crippen LogP contribution in [0.25, 0.3) is 5.69 Å². The predicted octanol–water partition coefficient (Wildman–Crippen LogP) is 3.61. The number of halogens is 1. The summed E-state index contributed by atoms with van der Waals surface area (Å²) < 4.78 is 15.4. The summed E-state index contributed by atoms with van der Waals surface area (Å²) in [6.07, 6.45) is 1.47. The number of carbonyl (C=O) groups excluding carboxylic acids is 1. The topological polar surface area (TPSA) is 59.8 Å². The lowest BCUT2D eigenvalue weighted by Gasteiger charge is -2.08. The SMILES string of the molecule is CCCc1c(C(=O)Nc2ccccc2F)nnn1-c1ccccc1. The van der Waals surface area contributed by atoms with Gasteiger partial charge in [-0.2, -0.15) is 0 Å². The summed E-state index contributed by atoms with van der Waals surface area (Å²) in [4.78, 5) is 12.5. The fourth-order valence-electron chi connectivity index (χ4n) is 2.46. The molecule has 0 unspecified atom stereocenters. The van der Waals surface area contributed by atoms with Crippen LogP contribution in [0.3, 0.4) is 0 Å². The molecule has 0 aliphatic heterocycles. The molecule has 0 spiro atoms. The summed E-state index contributed by atoms with van der Waals surface area (Å²) >= 11 is 0. The van der Waals surface area contributed by atoms with Crippen molar-refractivity contribution >= 4 is 11.6 Å². The third-order valence-corrected chi connectivity index (χ3v) is 3.59. The lowest BCUT2D eigenvalue weighted by atomic mass is 10.2. The van der Waals surface area contributed by atoms with Gasteiger partial charge in [-0.25, -0.2) is 9.07 Å². The highest BCUT2D eigenvalue weighted by atomic mass is 19.1. The van der Waals surface area contributed by atoms with E-state index < -0.39 is 11.7 Å². The molecule has 0 radical (unpaired) electrons. The zero-order valence-corrected chi connectivity index (χ0v) is 13.2. The number of nitrogens with one attached hydrogen (secondary N) is 1. The van der Waals surface area contributed by atoms with E-state index in [0.717, 1.165) is 12.1 Å². The van der Waals surface area contributed by atoms with E-state index in [0.29, 0.717) is 12.1 Å². The van der Waals surface area contributed by atoms with Crippen LogP contribution in [-0.4, -0.2) is 20.9 Å². The molecule has 3 rings (SSSR count). The monoisotopic (exact) mass is 324 g/mol. The van der Waals surface area contributed by atoms with E-state index in [1.807, 2.05) is 37.3 Å². The van der Waals surface area contributed by atoms with Crippen molar-refractivity contribution in [3.05, 3.63) is 71.8 Å². The summed E-state index contributed by atoms with van der Waals surface area (Å²) in [5.74, 6) is -0.955. The molecular formula is C18H17FN4O. The molecule has 5 nitrogen and oxygen atoms in total. The molecule has 6 heteroatoms. The standard InChI is InChI=1S/C18H17FN4O/c1-2-8-16-17(18(24)20-15-12-7-6-11-14(15)19)21-22-23(16)13-9-4-3-5-10-13/h3-7,9-12H,2,8H2,1H3,(H,20,24). The molecule has 0 saturated carbocycles. The van der Waals surface area contributed by atoms with Crippen molar-refractivity contribution in [3.63, 3.8) is 0 Å². The Labute approximate surface area is 139 Å². The van der Waals surface area contributed by atoms with Crippen molar-refractivity contribution in [1.29, 1.82) is 0 Å². The van der Waals surface area contributed by atoms with E-state index in [1.165, 1.54) is 12.1 Å². The molecule has 0 saturated heterocycles. The summed E-state index contributed by atoms with van der Waals surface area (Å²) in [7, 11) is 0. The Hall–Kier alpha value is -3.02. The first kappa shape index (κ1) is 15.9. The normalized spacial score (nSPS) is 10.6. The first-order valence-electron chi connectivity index (χ1n) is 7.76. The fraction of sp³-hybridized carbons (Fsp3) is 0.167. The number of amides is 1. The van der Waals surface area contributed by atoms with Gasteiger partial charge in [0.05, 0.1) is 17.1 Å². The van der Waals surface area contributed by atoms with Gasteiger partial charge in [0.15, 0.2) is 5.69 Å². The second-order valence-corrected chi connectivity index (χ2v) is 5.32. The van der Waals surface area contributed by atoms with Crippen LogP contribution >= 0.6 is 0 Å². The molecule has 1 heterocycles. The molecule has 0 aliphatic rings. The van der Waals surface area contributed by atoms with Crippen LogP contribution in [0.15, 0.2) is 54.6 Å². The quantitative estimate of drug-likeness (QED) is 0.780. The van der Waals surface area contributed by atoms with Crippen molar-refractivity contribution in [1.82, 2.24) is 15.0 Å². The van der Waals surface area contributed by atoms with E-state index in [9.17, 15) is 9.18 Å². The van der Waals surface area contributed by atoms with Gasteiger partial charge in [0, 0.05) is 0 Å². The third kappa shape index (κ3) is 3.17. The van der Waals surface area contributed by atoms with E-state index in [4.69, 9.17) is 0 Å².